The van der Waals surface area contributed by atoms with Crippen molar-refractivity contribution in [3.05, 3.63) is 78.8 Å². The number of pyridine rings is 1. The van der Waals surface area contributed by atoms with Crippen LogP contribution < -0.4 is 20.5 Å². The number of nitrogens with one attached hydrogen (secondary N) is 1. The number of para-hydroxylation sites is 1. The molecule has 3 N–H and O–H groups in total. The highest BCUT2D eigenvalue weighted by Crippen LogP contribution is 2.41. The van der Waals surface area contributed by atoms with Crippen molar-refractivity contribution in [3.63, 3.8) is 0 Å². The molecule has 5 aromatic rings. The number of benzene rings is 2. The van der Waals surface area contributed by atoms with Gasteiger partial charge in [0.25, 0.3) is 0 Å². The van der Waals surface area contributed by atoms with Crippen LogP contribution in [0.3, 0.4) is 0 Å². The van der Waals surface area contributed by atoms with E-state index in [9.17, 15) is 0 Å². The summed E-state index contributed by atoms with van der Waals surface area (Å²) in [5.41, 5.74) is 11.4. The molecular formula is C26H22N8O2. The average Bonchev–Trinajstić information content (AvgIpc) is 3.42. The van der Waals surface area contributed by atoms with Crippen LogP contribution in [0.2, 0.25) is 0 Å². The topological polar surface area (TPSA) is 117 Å². The first-order valence-electron chi connectivity index (χ1n) is 11.7. The van der Waals surface area contributed by atoms with Crippen molar-refractivity contribution in [2.75, 3.05) is 18.5 Å². The standard InChI is InChI=1S/C26H22N8O2/c27-25-30-24(34-20-14-22-21(35-11-4-12-36-22)13-19(20)29-26(34)31-25)18-15-33(17-5-2-1-3-6-17)32-23(18)16-7-9-28-10-8-16/h1-3,5-10,13-15,24H,4,11-12H2,(H3,27,29,30,31). The molecule has 0 bridgehead atoms. The molecule has 0 aliphatic carbocycles. The van der Waals surface area contributed by atoms with E-state index < -0.39 is 6.17 Å². The Balaban J connectivity index is 1.45. The van der Waals surface area contributed by atoms with E-state index in [1.54, 1.807) is 12.4 Å². The number of fused-ring (bicyclic) bond motifs is 4. The second-order valence-corrected chi connectivity index (χ2v) is 8.61. The largest absolute Gasteiger partial charge is 0.489 e. The maximum atomic E-state index is 6.25. The Morgan fingerprint density at radius 1 is 0.972 bits per heavy atom. The number of aliphatic imine (C=N–C) groups is 1. The maximum absolute atomic E-state index is 6.25. The first-order valence-corrected chi connectivity index (χ1v) is 11.7. The molecule has 2 aliphatic rings. The van der Waals surface area contributed by atoms with Crippen LogP contribution in [-0.2, 0) is 0 Å². The van der Waals surface area contributed by atoms with Crippen molar-refractivity contribution in [3.8, 4) is 28.4 Å². The molecule has 1 atom stereocenters. The number of imidazole rings is 1. The predicted molar refractivity (Wildman–Crippen MR) is 136 cm³/mol. The second kappa shape index (κ2) is 8.12. The highest BCUT2D eigenvalue weighted by molar-refractivity contribution is 5.95. The van der Waals surface area contributed by atoms with E-state index in [0.717, 1.165) is 40.0 Å². The van der Waals surface area contributed by atoms with Gasteiger partial charge in [-0.2, -0.15) is 5.10 Å². The lowest BCUT2D eigenvalue weighted by Crippen LogP contribution is -2.31. The molecule has 178 valence electrons. The number of anilines is 1. The van der Waals surface area contributed by atoms with Crippen LogP contribution in [0.1, 0.15) is 18.2 Å². The Hall–Kier alpha value is -4.86. The van der Waals surface area contributed by atoms with Gasteiger partial charge >= 0.3 is 0 Å². The molecule has 0 saturated carbocycles. The number of guanidine groups is 1. The molecule has 5 heterocycles. The van der Waals surface area contributed by atoms with Gasteiger partial charge in [-0.15, -0.1) is 0 Å². The third-order valence-corrected chi connectivity index (χ3v) is 6.30. The number of rotatable bonds is 3. The summed E-state index contributed by atoms with van der Waals surface area (Å²) in [5.74, 6) is 2.26. The van der Waals surface area contributed by atoms with E-state index >= 15 is 0 Å². The summed E-state index contributed by atoms with van der Waals surface area (Å²) in [6.45, 7) is 1.21. The van der Waals surface area contributed by atoms with Crippen molar-refractivity contribution in [1.82, 2.24) is 24.3 Å². The fourth-order valence-corrected chi connectivity index (χ4v) is 4.66. The minimum absolute atomic E-state index is 0.282. The van der Waals surface area contributed by atoms with E-state index in [4.69, 9.17) is 30.3 Å². The molecule has 2 aromatic carbocycles. The first kappa shape index (κ1) is 20.5. The maximum Gasteiger partial charge on any atom is 0.212 e. The summed E-state index contributed by atoms with van der Waals surface area (Å²) in [4.78, 5) is 13.8. The van der Waals surface area contributed by atoms with Crippen LogP contribution in [0, 0.1) is 0 Å². The number of hydrogen-bond acceptors (Lipinski definition) is 8. The summed E-state index contributed by atoms with van der Waals surface area (Å²) in [6, 6.07) is 17.7. The number of aromatic nitrogens is 5. The van der Waals surface area contributed by atoms with Gasteiger partial charge in [-0.25, -0.2) is 14.7 Å². The zero-order valence-corrected chi connectivity index (χ0v) is 19.2. The van der Waals surface area contributed by atoms with Gasteiger partial charge in [-0.1, -0.05) is 18.2 Å². The minimum Gasteiger partial charge on any atom is -0.489 e. The third-order valence-electron chi connectivity index (χ3n) is 6.30. The molecule has 10 heteroatoms. The number of nitrogens with two attached hydrogens (primary N) is 1. The molecule has 0 saturated heterocycles. The fourth-order valence-electron chi connectivity index (χ4n) is 4.66. The summed E-state index contributed by atoms with van der Waals surface area (Å²) in [6.07, 6.45) is 5.83. The minimum atomic E-state index is -0.503. The molecule has 3 aromatic heterocycles. The smallest absolute Gasteiger partial charge is 0.212 e. The fraction of sp³-hybridized carbons (Fsp3) is 0.154. The SMILES string of the molecule is NC1=NC(c2cn(-c3ccccc3)nc2-c2ccncc2)n2c(nc3cc4c(cc32)OCCCO4)N1. The quantitative estimate of drug-likeness (QED) is 0.406. The molecule has 36 heavy (non-hydrogen) atoms. The van der Waals surface area contributed by atoms with Crippen LogP contribution in [-0.4, -0.2) is 43.5 Å². The highest BCUT2D eigenvalue weighted by atomic mass is 16.5. The molecule has 10 nitrogen and oxygen atoms in total. The normalized spacial score (nSPS) is 16.7. The van der Waals surface area contributed by atoms with E-state index in [1.165, 1.54) is 0 Å². The molecule has 2 aliphatic heterocycles. The van der Waals surface area contributed by atoms with E-state index in [0.29, 0.717) is 30.7 Å². The van der Waals surface area contributed by atoms with Crippen molar-refractivity contribution in [1.29, 1.82) is 0 Å². The van der Waals surface area contributed by atoms with Gasteiger partial charge in [0.15, 0.2) is 23.6 Å². The lowest BCUT2D eigenvalue weighted by atomic mass is 10.1. The number of ether oxygens (including phenoxy) is 2. The molecule has 0 amide bonds. The molecule has 0 spiro atoms. The number of hydrogen-bond donors (Lipinski definition) is 2. The van der Waals surface area contributed by atoms with Gasteiger partial charge in [0, 0.05) is 48.3 Å². The summed E-state index contributed by atoms with van der Waals surface area (Å²) < 4.78 is 15.7. The van der Waals surface area contributed by atoms with Gasteiger partial charge in [0.2, 0.25) is 5.95 Å². The van der Waals surface area contributed by atoms with Crippen molar-refractivity contribution >= 4 is 22.9 Å². The zero-order valence-electron chi connectivity index (χ0n) is 19.2. The average molecular weight is 479 g/mol. The molecule has 0 radical (unpaired) electrons. The Morgan fingerprint density at radius 2 is 1.75 bits per heavy atom. The molecule has 7 rings (SSSR count). The predicted octanol–water partition coefficient (Wildman–Crippen LogP) is 3.73. The van der Waals surface area contributed by atoms with Crippen LogP contribution >= 0.6 is 0 Å². The monoisotopic (exact) mass is 478 g/mol. The summed E-state index contributed by atoms with van der Waals surface area (Å²) in [7, 11) is 0. The third kappa shape index (κ3) is 3.34. The second-order valence-electron chi connectivity index (χ2n) is 8.61. The Labute approximate surface area is 206 Å². The first-order chi connectivity index (χ1) is 17.7. The van der Waals surface area contributed by atoms with Gasteiger partial charge in [0.1, 0.15) is 5.69 Å². The van der Waals surface area contributed by atoms with Crippen LogP contribution in [0.5, 0.6) is 11.5 Å². The lowest BCUT2D eigenvalue weighted by Gasteiger charge is -2.23. The zero-order chi connectivity index (χ0) is 24.1. The summed E-state index contributed by atoms with van der Waals surface area (Å²) in [5, 5.41) is 8.06. The molecular weight excluding hydrogens is 456 g/mol. The molecule has 1 unspecified atom stereocenters. The van der Waals surface area contributed by atoms with Gasteiger partial charge in [-0.3, -0.25) is 14.9 Å². The highest BCUT2D eigenvalue weighted by Gasteiger charge is 2.30. The van der Waals surface area contributed by atoms with Crippen LogP contribution in [0.15, 0.2) is 78.2 Å². The van der Waals surface area contributed by atoms with Crippen molar-refractivity contribution < 1.29 is 9.47 Å². The van der Waals surface area contributed by atoms with E-state index in [-0.39, 0.29) is 5.96 Å². The van der Waals surface area contributed by atoms with Crippen LogP contribution in [0.25, 0.3) is 28.0 Å². The molecule has 0 fully saturated rings. The van der Waals surface area contributed by atoms with Crippen molar-refractivity contribution in [2.45, 2.75) is 12.6 Å². The van der Waals surface area contributed by atoms with Gasteiger partial charge in [0.05, 0.1) is 29.9 Å². The number of nitrogens with zero attached hydrogens (tertiary/aromatic N) is 6. The van der Waals surface area contributed by atoms with E-state index in [1.807, 2.05) is 70.0 Å². The summed E-state index contributed by atoms with van der Waals surface area (Å²) >= 11 is 0. The van der Waals surface area contributed by atoms with Gasteiger partial charge in [-0.05, 0) is 24.3 Å². The lowest BCUT2D eigenvalue weighted by molar-refractivity contribution is 0.297. The van der Waals surface area contributed by atoms with E-state index in [2.05, 4.69) is 10.3 Å². The Bertz CT molecular complexity index is 1610. The Kier molecular flexibility index (Phi) is 4.63. The Morgan fingerprint density at radius 3 is 2.56 bits per heavy atom. The van der Waals surface area contributed by atoms with Gasteiger partial charge < -0.3 is 15.2 Å². The van der Waals surface area contributed by atoms with Crippen LogP contribution in [0.4, 0.5) is 5.95 Å². The van der Waals surface area contributed by atoms with Crippen molar-refractivity contribution in [2.24, 2.45) is 10.7 Å².